The van der Waals surface area contributed by atoms with Gasteiger partial charge in [-0.3, -0.25) is 14.8 Å². The summed E-state index contributed by atoms with van der Waals surface area (Å²) in [6, 6.07) is 16.2. The van der Waals surface area contributed by atoms with Crippen LogP contribution in [-0.4, -0.2) is 67.1 Å². The molecular weight excluding hydrogens is 445 g/mol. The Morgan fingerprint density at radius 2 is 2.06 bits per heavy atom. The molecule has 7 nitrogen and oxygen atoms in total. The lowest BCUT2D eigenvalue weighted by molar-refractivity contribution is -0.127. The average molecular weight is 476 g/mol. The van der Waals surface area contributed by atoms with Crippen molar-refractivity contribution in [2.24, 2.45) is 9.98 Å². The van der Waals surface area contributed by atoms with Gasteiger partial charge in [0.25, 0.3) is 5.91 Å². The molecular formula is C27H30FN5O2. The molecule has 1 N–H and O–H groups in total. The molecule has 35 heavy (non-hydrogen) atoms. The van der Waals surface area contributed by atoms with Gasteiger partial charge in [0.2, 0.25) is 0 Å². The van der Waals surface area contributed by atoms with Crippen molar-refractivity contribution in [2.75, 3.05) is 26.3 Å². The zero-order chi connectivity index (χ0) is 24.5. The monoisotopic (exact) mass is 475 g/mol. The molecule has 0 saturated carbocycles. The van der Waals surface area contributed by atoms with Gasteiger partial charge in [-0.25, -0.2) is 4.39 Å². The number of halogens is 1. The van der Waals surface area contributed by atoms with Crippen LogP contribution in [0.5, 0.6) is 5.75 Å². The zero-order valence-electron chi connectivity index (χ0n) is 19.6. The summed E-state index contributed by atoms with van der Waals surface area (Å²) in [6.45, 7) is 5.70. The van der Waals surface area contributed by atoms with Gasteiger partial charge in [-0.1, -0.05) is 30.3 Å². The summed E-state index contributed by atoms with van der Waals surface area (Å²) in [7, 11) is 0. The normalized spacial score (nSPS) is 19.6. The van der Waals surface area contributed by atoms with Crippen LogP contribution in [-0.2, 0) is 11.2 Å². The van der Waals surface area contributed by atoms with Crippen molar-refractivity contribution in [3.05, 3.63) is 90.2 Å². The number of para-hydroxylation sites is 1. The number of hydrogen-bond donors (Lipinski definition) is 1. The van der Waals surface area contributed by atoms with E-state index >= 15 is 0 Å². The van der Waals surface area contributed by atoms with Crippen LogP contribution in [0.1, 0.15) is 12.0 Å². The summed E-state index contributed by atoms with van der Waals surface area (Å²) >= 11 is 0. The van der Waals surface area contributed by atoms with E-state index in [9.17, 15) is 9.18 Å². The molecule has 2 aromatic carbocycles. The number of amides is 1. The Labute approximate surface area is 205 Å². The first-order valence-corrected chi connectivity index (χ1v) is 11.7. The molecule has 2 aliphatic heterocycles. The first kappa shape index (κ1) is 24.3. The zero-order valence-corrected chi connectivity index (χ0v) is 19.6. The predicted molar refractivity (Wildman–Crippen MR) is 136 cm³/mol. The molecule has 0 aliphatic carbocycles. The summed E-state index contributed by atoms with van der Waals surface area (Å²) in [4.78, 5) is 25.3. The van der Waals surface area contributed by atoms with Gasteiger partial charge in [0.05, 0.1) is 0 Å². The minimum Gasteiger partial charge on any atom is -0.489 e. The third-order valence-corrected chi connectivity index (χ3v) is 5.93. The molecule has 0 radical (unpaired) electrons. The molecule has 0 spiro atoms. The van der Waals surface area contributed by atoms with E-state index in [4.69, 9.17) is 4.74 Å². The van der Waals surface area contributed by atoms with Crippen molar-refractivity contribution < 1.29 is 13.9 Å². The molecule has 1 fully saturated rings. The number of carbonyl (C=O) groups is 1. The predicted octanol–water partition coefficient (Wildman–Crippen LogP) is 3.41. The maximum absolute atomic E-state index is 13.5. The first-order chi connectivity index (χ1) is 17.1. The summed E-state index contributed by atoms with van der Waals surface area (Å²) in [5, 5.41) is 3.48. The number of nitrogens with one attached hydrogen (secondary N) is 1. The number of allylic oxidation sites excluding steroid dienone is 1. The third kappa shape index (κ3) is 7.10. The van der Waals surface area contributed by atoms with Crippen molar-refractivity contribution in [1.29, 1.82) is 0 Å². The van der Waals surface area contributed by atoms with Crippen LogP contribution in [0.25, 0.3) is 0 Å². The summed E-state index contributed by atoms with van der Waals surface area (Å²) in [5.41, 5.74) is 1.21. The highest BCUT2D eigenvalue weighted by molar-refractivity contribution is 5.93. The van der Waals surface area contributed by atoms with Crippen molar-refractivity contribution >= 4 is 18.8 Å². The first-order valence-electron chi connectivity index (χ1n) is 11.7. The molecule has 8 heteroatoms. The van der Waals surface area contributed by atoms with E-state index in [-0.39, 0.29) is 29.6 Å². The minimum absolute atomic E-state index is 0.0281. The molecule has 0 aromatic heterocycles. The Balaban J connectivity index is 1.44. The van der Waals surface area contributed by atoms with Crippen LogP contribution in [0.2, 0.25) is 0 Å². The standard InChI is InChI=1S/C27H30FN5O2/c1-29-26(19-32-14-5-13-30-20-32)27(34)33(15-12-21-8-10-22(28)11-9-21)18-23-16-25(17-31-23)35-24-6-3-2-4-7-24/h2-11,13-14,19,23,25,31H,1,12,15-18,20H2/b26-19-. The number of aliphatic imine (C=N–C) groups is 2. The third-order valence-electron chi connectivity index (χ3n) is 5.93. The fourth-order valence-electron chi connectivity index (χ4n) is 4.12. The highest BCUT2D eigenvalue weighted by Crippen LogP contribution is 2.19. The topological polar surface area (TPSA) is 69.5 Å². The van der Waals surface area contributed by atoms with Gasteiger partial charge in [-0.15, -0.1) is 0 Å². The van der Waals surface area contributed by atoms with Crippen molar-refractivity contribution in [1.82, 2.24) is 15.1 Å². The Morgan fingerprint density at radius 3 is 2.77 bits per heavy atom. The van der Waals surface area contributed by atoms with E-state index < -0.39 is 0 Å². The van der Waals surface area contributed by atoms with E-state index in [1.54, 1.807) is 40.4 Å². The molecule has 2 aliphatic rings. The smallest absolute Gasteiger partial charge is 0.274 e. The fraction of sp³-hybridized carbons (Fsp3) is 0.296. The summed E-state index contributed by atoms with van der Waals surface area (Å²) < 4.78 is 19.4. The van der Waals surface area contributed by atoms with Gasteiger partial charge in [0.1, 0.15) is 30.0 Å². The quantitative estimate of drug-likeness (QED) is 0.422. The number of nitrogens with zero attached hydrogens (tertiary/aromatic N) is 4. The summed E-state index contributed by atoms with van der Waals surface area (Å²) in [6.07, 6.45) is 8.41. The Hall–Kier alpha value is -3.78. The molecule has 1 saturated heterocycles. The van der Waals surface area contributed by atoms with E-state index in [0.717, 1.165) is 17.7 Å². The lowest BCUT2D eigenvalue weighted by atomic mass is 10.1. The van der Waals surface area contributed by atoms with Crippen molar-refractivity contribution in [3.8, 4) is 5.75 Å². The Morgan fingerprint density at radius 1 is 1.26 bits per heavy atom. The molecule has 1 amide bonds. The van der Waals surface area contributed by atoms with E-state index in [2.05, 4.69) is 22.0 Å². The highest BCUT2D eigenvalue weighted by atomic mass is 19.1. The lowest BCUT2D eigenvalue weighted by Gasteiger charge is -2.27. The number of ether oxygens (including phenoxy) is 1. The van der Waals surface area contributed by atoms with E-state index in [1.807, 2.05) is 36.5 Å². The van der Waals surface area contributed by atoms with Crippen molar-refractivity contribution in [3.63, 3.8) is 0 Å². The van der Waals surface area contributed by atoms with Crippen LogP contribution in [0.3, 0.4) is 0 Å². The number of benzene rings is 2. The maximum atomic E-state index is 13.5. The van der Waals surface area contributed by atoms with Gasteiger partial charge < -0.3 is 19.9 Å². The number of carbonyl (C=O) groups excluding carboxylic acids is 1. The van der Waals surface area contributed by atoms with Gasteiger partial charge in [0, 0.05) is 50.7 Å². The van der Waals surface area contributed by atoms with Crippen LogP contribution in [0.4, 0.5) is 4.39 Å². The maximum Gasteiger partial charge on any atom is 0.274 e. The number of hydrogen-bond acceptors (Lipinski definition) is 6. The highest BCUT2D eigenvalue weighted by Gasteiger charge is 2.29. The van der Waals surface area contributed by atoms with Crippen LogP contribution in [0, 0.1) is 5.82 Å². The number of rotatable bonds is 10. The molecule has 2 unspecified atom stereocenters. The van der Waals surface area contributed by atoms with Crippen molar-refractivity contribution in [2.45, 2.75) is 25.0 Å². The second-order valence-electron chi connectivity index (χ2n) is 8.52. The van der Waals surface area contributed by atoms with E-state index in [0.29, 0.717) is 32.7 Å². The van der Waals surface area contributed by atoms with Crippen LogP contribution >= 0.6 is 0 Å². The van der Waals surface area contributed by atoms with E-state index in [1.165, 1.54) is 12.1 Å². The largest absolute Gasteiger partial charge is 0.489 e. The van der Waals surface area contributed by atoms with Crippen LogP contribution in [0.15, 0.2) is 88.8 Å². The van der Waals surface area contributed by atoms with Gasteiger partial charge in [0.15, 0.2) is 0 Å². The molecule has 2 aromatic rings. The second kappa shape index (κ2) is 12.1. The second-order valence-corrected chi connectivity index (χ2v) is 8.52. The fourth-order valence-corrected chi connectivity index (χ4v) is 4.12. The van der Waals surface area contributed by atoms with Gasteiger partial charge >= 0.3 is 0 Å². The lowest BCUT2D eigenvalue weighted by Crippen LogP contribution is -2.42. The molecule has 0 bridgehead atoms. The molecule has 2 heterocycles. The molecule has 2 atom stereocenters. The minimum atomic E-state index is -0.278. The van der Waals surface area contributed by atoms with Gasteiger partial charge in [-0.2, -0.15) is 0 Å². The SMILES string of the molecule is C=N/C(=C\N1C=CC=NC1)C(=O)N(CCc1ccc(F)cc1)CC1CC(Oc2ccccc2)CN1. The Kier molecular flexibility index (Phi) is 8.40. The average Bonchev–Trinajstić information content (AvgIpc) is 3.33. The van der Waals surface area contributed by atoms with Crippen LogP contribution < -0.4 is 10.1 Å². The molecule has 4 rings (SSSR count). The van der Waals surface area contributed by atoms with Gasteiger partial charge in [-0.05, 0) is 49.0 Å². The Bertz CT molecular complexity index is 1080. The molecule has 182 valence electrons. The summed E-state index contributed by atoms with van der Waals surface area (Å²) in [5.74, 6) is 0.349.